The van der Waals surface area contributed by atoms with Crippen LogP contribution in [0.2, 0.25) is 5.15 Å². The summed E-state index contributed by atoms with van der Waals surface area (Å²) in [6.45, 7) is 0.658. The summed E-state index contributed by atoms with van der Waals surface area (Å²) < 4.78 is 2.87. The molecule has 20 heavy (non-hydrogen) atoms. The third-order valence-corrected chi connectivity index (χ3v) is 3.82. The van der Waals surface area contributed by atoms with Gasteiger partial charge < -0.3 is 0 Å². The van der Waals surface area contributed by atoms with Crippen LogP contribution in [0.1, 0.15) is 5.56 Å². The van der Waals surface area contributed by atoms with Crippen LogP contribution in [0.3, 0.4) is 0 Å². The molecule has 0 aliphatic heterocycles. The van der Waals surface area contributed by atoms with Crippen LogP contribution in [0.5, 0.6) is 0 Å². The Morgan fingerprint density at radius 1 is 1.00 bits per heavy atom. The molecule has 3 rings (SSSR count). The van der Waals surface area contributed by atoms with Gasteiger partial charge in [-0.2, -0.15) is 5.10 Å². The molecule has 0 amide bonds. The largest absolute Gasteiger partial charge is 0.249 e. The van der Waals surface area contributed by atoms with Crippen molar-refractivity contribution in [2.45, 2.75) is 6.54 Å². The van der Waals surface area contributed by atoms with E-state index in [0.717, 1.165) is 21.3 Å². The minimum atomic E-state index is 0.642. The number of rotatable bonds is 3. The number of hydrogen-bond donors (Lipinski definition) is 0. The molecule has 4 heteroatoms. The Kier molecular flexibility index (Phi) is 3.90. The quantitative estimate of drug-likeness (QED) is 0.651. The lowest BCUT2D eigenvalue weighted by atomic mass is 10.2. The number of hydrogen-bond acceptors (Lipinski definition) is 1. The van der Waals surface area contributed by atoms with Crippen LogP contribution >= 0.6 is 27.5 Å². The lowest BCUT2D eigenvalue weighted by Crippen LogP contribution is -2.01. The van der Waals surface area contributed by atoms with Crippen molar-refractivity contribution in [2.75, 3.05) is 0 Å². The molecular formula is C16H12BrClN2. The summed E-state index contributed by atoms with van der Waals surface area (Å²) >= 11 is 9.75. The Labute approximate surface area is 131 Å². The highest BCUT2D eigenvalue weighted by Crippen LogP contribution is 2.22. The molecule has 0 radical (unpaired) electrons. The van der Waals surface area contributed by atoms with Gasteiger partial charge in [0.1, 0.15) is 5.15 Å². The van der Waals surface area contributed by atoms with Crippen molar-refractivity contribution in [1.82, 2.24) is 9.78 Å². The van der Waals surface area contributed by atoms with Crippen molar-refractivity contribution in [3.8, 4) is 11.3 Å². The maximum Gasteiger partial charge on any atom is 0.128 e. The van der Waals surface area contributed by atoms with Crippen LogP contribution in [0, 0.1) is 0 Å². The molecule has 0 atom stereocenters. The maximum atomic E-state index is 6.27. The molecule has 2 nitrogen and oxygen atoms in total. The van der Waals surface area contributed by atoms with Gasteiger partial charge in [-0.05, 0) is 17.7 Å². The second-order valence-electron chi connectivity index (χ2n) is 4.51. The number of benzene rings is 2. The molecule has 100 valence electrons. The fourth-order valence-electron chi connectivity index (χ4n) is 2.06. The average Bonchev–Trinajstić information content (AvgIpc) is 2.81. The molecule has 0 spiro atoms. The zero-order chi connectivity index (χ0) is 13.9. The van der Waals surface area contributed by atoms with Crippen LogP contribution in [-0.4, -0.2) is 9.78 Å². The van der Waals surface area contributed by atoms with Crippen molar-refractivity contribution in [2.24, 2.45) is 0 Å². The van der Waals surface area contributed by atoms with Gasteiger partial charge in [-0.1, -0.05) is 70.0 Å². The highest BCUT2D eigenvalue weighted by Gasteiger charge is 2.08. The van der Waals surface area contributed by atoms with Gasteiger partial charge in [-0.3, -0.25) is 0 Å². The summed E-state index contributed by atoms with van der Waals surface area (Å²) in [5.41, 5.74) is 3.12. The highest BCUT2D eigenvalue weighted by atomic mass is 79.9. The molecule has 0 aliphatic rings. The molecule has 3 aromatic rings. The van der Waals surface area contributed by atoms with E-state index in [0.29, 0.717) is 11.7 Å². The Morgan fingerprint density at radius 3 is 2.55 bits per heavy atom. The van der Waals surface area contributed by atoms with Crippen LogP contribution in [0.15, 0.2) is 65.1 Å². The first kappa shape index (κ1) is 13.4. The summed E-state index contributed by atoms with van der Waals surface area (Å²) in [4.78, 5) is 0. The Balaban J connectivity index is 1.90. The molecule has 0 saturated carbocycles. The summed E-state index contributed by atoms with van der Waals surface area (Å²) in [5.74, 6) is 0. The van der Waals surface area contributed by atoms with Crippen molar-refractivity contribution in [1.29, 1.82) is 0 Å². The smallest absolute Gasteiger partial charge is 0.128 e. The summed E-state index contributed by atoms with van der Waals surface area (Å²) in [5, 5.41) is 5.22. The van der Waals surface area contributed by atoms with Crippen LogP contribution in [-0.2, 0) is 6.54 Å². The van der Waals surface area contributed by atoms with E-state index in [-0.39, 0.29) is 0 Å². The SMILES string of the molecule is Clc1cc(-c2ccccc2)nn1Cc1cccc(Br)c1. The predicted octanol–water partition coefficient (Wildman–Crippen LogP) is 5.01. The second kappa shape index (κ2) is 5.81. The van der Waals surface area contributed by atoms with Gasteiger partial charge >= 0.3 is 0 Å². The second-order valence-corrected chi connectivity index (χ2v) is 5.81. The first-order valence-corrected chi connectivity index (χ1v) is 7.43. The van der Waals surface area contributed by atoms with Crippen LogP contribution < -0.4 is 0 Å². The normalized spacial score (nSPS) is 10.7. The first-order chi connectivity index (χ1) is 9.72. The Hall–Kier alpha value is -1.58. The van der Waals surface area contributed by atoms with Gasteiger partial charge in [0, 0.05) is 16.1 Å². The van der Waals surface area contributed by atoms with Gasteiger partial charge in [0.25, 0.3) is 0 Å². The molecule has 1 heterocycles. The molecule has 0 N–H and O–H groups in total. The zero-order valence-corrected chi connectivity index (χ0v) is 13.0. The molecular weight excluding hydrogens is 336 g/mol. The van der Waals surface area contributed by atoms with E-state index < -0.39 is 0 Å². The molecule has 0 fully saturated rings. The molecule has 2 aromatic carbocycles. The third-order valence-electron chi connectivity index (χ3n) is 3.02. The minimum Gasteiger partial charge on any atom is -0.249 e. The maximum absolute atomic E-state index is 6.27. The van der Waals surface area contributed by atoms with Crippen molar-refractivity contribution in [3.63, 3.8) is 0 Å². The molecule has 0 saturated heterocycles. The van der Waals surface area contributed by atoms with E-state index in [1.54, 1.807) is 0 Å². The van der Waals surface area contributed by atoms with Crippen molar-refractivity contribution >= 4 is 27.5 Å². The molecule has 1 aromatic heterocycles. The Bertz CT molecular complexity index is 722. The zero-order valence-electron chi connectivity index (χ0n) is 10.6. The number of aromatic nitrogens is 2. The summed E-state index contributed by atoms with van der Waals surface area (Å²) in [6, 6.07) is 20.1. The van der Waals surface area contributed by atoms with Crippen molar-refractivity contribution in [3.05, 3.63) is 75.9 Å². The minimum absolute atomic E-state index is 0.642. The van der Waals surface area contributed by atoms with Crippen LogP contribution in [0.4, 0.5) is 0 Å². The highest BCUT2D eigenvalue weighted by molar-refractivity contribution is 9.10. The monoisotopic (exact) mass is 346 g/mol. The standard InChI is InChI=1S/C16H12BrClN2/c17-14-8-4-5-12(9-14)11-20-16(18)10-15(19-20)13-6-2-1-3-7-13/h1-10H,11H2. The molecule has 0 bridgehead atoms. The van der Waals surface area contributed by atoms with E-state index in [2.05, 4.69) is 33.2 Å². The van der Waals surface area contributed by atoms with E-state index in [1.807, 2.05) is 53.2 Å². The fraction of sp³-hybridized carbons (Fsp3) is 0.0625. The number of halogens is 2. The first-order valence-electron chi connectivity index (χ1n) is 6.25. The van der Waals surface area contributed by atoms with E-state index in [4.69, 9.17) is 11.6 Å². The summed E-state index contributed by atoms with van der Waals surface area (Å²) in [6.07, 6.45) is 0. The Morgan fingerprint density at radius 2 is 1.80 bits per heavy atom. The van der Waals surface area contributed by atoms with Crippen molar-refractivity contribution < 1.29 is 0 Å². The lowest BCUT2D eigenvalue weighted by Gasteiger charge is -2.04. The fourth-order valence-corrected chi connectivity index (χ4v) is 2.71. The van der Waals surface area contributed by atoms with Gasteiger partial charge in [0.15, 0.2) is 0 Å². The lowest BCUT2D eigenvalue weighted by molar-refractivity contribution is 0.690. The summed E-state index contributed by atoms with van der Waals surface area (Å²) in [7, 11) is 0. The van der Waals surface area contributed by atoms with Gasteiger partial charge in [0.2, 0.25) is 0 Å². The van der Waals surface area contributed by atoms with E-state index >= 15 is 0 Å². The molecule has 0 aliphatic carbocycles. The van der Waals surface area contributed by atoms with Crippen LogP contribution in [0.25, 0.3) is 11.3 Å². The predicted molar refractivity (Wildman–Crippen MR) is 85.9 cm³/mol. The van der Waals surface area contributed by atoms with Gasteiger partial charge in [-0.15, -0.1) is 0 Å². The topological polar surface area (TPSA) is 17.8 Å². The third kappa shape index (κ3) is 2.94. The number of nitrogens with zero attached hydrogens (tertiary/aromatic N) is 2. The molecule has 0 unspecified atom stereocenters. The van der Waals surface area contributed by atoms with Gasteiger partial charge in [0.05, 0.1) is 12.2 Å². The van der Waals surface area contributed by atoms with E-state index in [9.17, 15) is 0 Å². The average molecular weight is 348 g/mol. The van der Waals surface area contributed by atoms with E-state index in [1.165, 1.54) is 0 Å². The van der Waals surface area contributed by atoms with Gasteiger partial charge in [-0.25, -0.2) is 4.68 Å².